The van der Waals surface area contributed by atoms with Gasteiger partial charge >= 0.3 is 0 Å². The van der Waals surface area contributed by atoms with Crippen LogP contribution < -0.4 is 9.62 Å². The monoisotopic (exact) mass is 695 g/mol. The maximum absolute atomic E-state index is 14.5. The lowest BCUT2D eigenvalue weighted by Gasteiger charge is -2.34. The van der Waals surface area contributed by atoms with Gasteiger partial charge in [-0.25, -0.2) is 8.42 Å². The minimum atomic E-state index is -4.22. The molecule has 10 heteroatoms. The summed E-state index contributed by atoms with van der Waals surface area (Å²) in [6, 6.07) is 30.3. The summed E-state index contributed by atoms with van der Waals surface area (Å²) in [4.78, 5) is 29.8. The third-order valence-corrected chi connectivity index (χ3v) is 9.89. The van der Waals surface area contributed by atoms with Gasteiger partial charge in [-0.3, -0.25) is 13.9 Å². The molecule has 44 heavy (non-hydrogen) atoms. The molecule has 1 N–H and O–H groups in total. The fraction of sp³-hybridized carbons (Fsp3) is 0.235. The van der Waals surface area contributed by atoms with Crippen molar-refractivity contribution in [2.45, 2.75) is 50.2 Å². The zero-order chi connectivity index (χ0) is 31.7. The van der Waals surface area contributed by atoms with Crippen molar-refractivity contribution in [1.29, 1.82) is 0 Å². The lowest BCUT2D eigenvalue weighted by atomic mass is 10.0. The second-order valence-corrected chi connectivity index (χ2v) is 13.6. The van der Waals surface area contributed by atoms with Gasteiger partial charge in [0.25, 0.3) is 10.0 Å². The topological polar surface area (TPSA) is 86.8 Å². The van der Waals surface area contributed by atoms with Crippen molar-refractivity contribution in [2.75, 3.05) is 10.8 Å². The molecule has 0 aliphatic carbocycles. The van der Waals surface area contributed by atoms with E-state index >= 15 is 0 Å². The van der Waals surface area contributed by atoms with Crippen LogP contribution in [0.15, 0.2) is 119 Å². The number of hydrogen-bond donors (Lipinski definition) is 1. The minimum absolute atomic E-state index is 0.0162. The Labute approximate surface area is 273 Å². The highest BCUT2D eigenvalue weighted by Gasteiger charge is 2.35. The third kappa shape index (κ3) is 8.49. The Morgan fingerprint density at radius 1 is 0.841 bits per heavy atom. The van der Waals surface area contributed by atoms with E-state index in [1.807, 2.05) is 68.4 Å². The number of carbonyl (C=O) groups excluding carboxylic acids is 2. The Morgan fingerprint density at radius 2 is 1.43 bits per heavy atom. The van der Waals surface area contributed by atoms with Gasteiger partial charge in [0.15, 0.2) is 0 Å². The Kier molecular flexibility index (Phi) is 11.6. The van der Waals surface area contributed by atoms with E-state index in [1.165, 1.54) is 17.0 Å². The number of halogens is 2. The standard InChI is InChI=1S/C34H35BrClN3O4S/c1-3-25(2)37-34(41)32(22-26-12-6-4-7-13-26)38(23-27-18-20-28(35)21-19-27)33(40)24-39(31-17-11-10-16-30(31)36)44(42,43)29-14-8-5-9-15-29/h4-21,25,32H,3,22-24H2,1-2H3,(H,37,41)/t25-,32+/m0/s1. The first kappa shape index (κ1) is 33.2. The summed E-state index contributed by atoms with van der Waals surface area (Å²) < 4.78 is 30.0. The molecule has 0 saturated carbocycles. The highest BCUT2D eigenvalue weighted by molar-refractivity contribution is 9.10. The molecule has 7 nitrogen and oxygen atoms in total. The summed E-state index contributed by atoms with van der Waals surface area (Å²) in [6.07, 6.45) is 0.947. The van der Waals surface area contributed by atoms with Gasteiger partial charge in [0, 0.05) is 23.5 Å². The van der Waals surface area contributed by atoms with Crippen LogP contribution in [0.25, 0.3) is 0 Å². The predicted molar refractivity (Wildman–Crippen MR) is 179 cm³/mol. The van der Waals surface area contributed by atoms with E-state index in [2.05, 4.69) is 21.2 Å². The molecule has 0 spiro atoms. The van der Waals surface area contributed by atoms with Crippen molar-refractivity contribution >= 4 is 55.1 Å². The van der Waals surface area contributed by atoms with E-state index in [9.17, 15) is 18.0 Å². The van der Waals surface area contributed by atoms with Crippen LogP contribution in [0, 0.1) is 0 Å². The van der Waals surface area contributed by atoms with Gasteiger partial charge in [0.05, 0.1) is 15.6 Å². The Balaban J connectivity index is 1.81. The number of benzene rings is 4. The molecule has 0 saturated heterocycles. The van der Waals surface area contributed by atoms with E-state index in [0.29, 0.717) is 6.42 Å². The first-order valence-electron chi connectivity index (χ1n) is 14.3. The van der Waals surface area contributed by atoms with Crippen molar-refractivity contribution < 1.29 is 18.0 Å². The van der Waals surface area contributed by atoms with Gasteiger partial charge in [-0.05, 0) is 60.9 Å². The summed E-state index contributed by atoms with van der Waals surface area (Å²) in [5.74, 6) is -0.864. The van der Waals surface area contributed by atoms with Gasteiger partial charge in [-0.1, -0.05) is 107 Å². The Hall–Kier alpha value is -3.66. The lowest BCUT2D eigenvalue weighted by molar-refractivity contribution is -0.140. The molecule has 230 valence electrons. The number of rotatable bonds is 13. The first-order valence-corrected chi connectivity index (χ1v) is 16.9. The number of para-hydroxylation sites is 1. The van der Waals surface area contributed by atoms with Gasteiger partial charge < -0.3 is 10.2 Å². The second-order valence-electron chi connectivity index (χ2n) is 10.4. The molecular weight excluding hydrogens is 662 g/mol. The molecule has 0 unspecified atom stereocenters. The molecule has 2 amide bonds. The number of nitrogens with zero attached hydrogens (tertiary/aromatic N) is 2. The lowest BCUT2D eigenvalue weighted by Crippen LogP contribution is -2.54. The quantitative estimate of drug-likeness (QED) is 0.166. The smallest absolute Gasteiger partial charge is 0.264 e. The molecule has 4 aromatic carbocycles. The zero-order valence-electron chi connectivity index (χ0n) is 24.6. The van der Waals surface area contributed by atoms with Crippen LogP contribution in [0.2, 0.25) is 5.02 Å². The summed E-state index contributed by atoms with van der Waals surface area (Å²) in [5.41, 5.74) is 1.81. The molecule has 0 aromatic heterocycles. The number of anilines is 1. The van der Waals surface area contributed by atoms with Crippen molar-refractivity contribution in [3.63, 3.8) is 0 Å². The fourth-order valence-electron chi connectivity index (χ4n) is 4.67. The number of amides is 2. The van der Waals surface area contributed by atoms with Crippen LogP contribution in [0.1, 0.15) is 31.4 Å². The molecule has 4 aromatic rings. The van der Waals surface area contributed by atoms with Crippen molar-refractivity contribution in [3.05, 3.63) is 130 Å². The summed E-state index contributed by atoms with van der Waals surface area (Å²) >= 11 is 9.96. The number of nitrogens with one attached hydrogen (secondary N) is 1. The number of sulfonamides is 1. The SMILES string of the molecule is CC[C@H](C)NC(=O)[C@@H](Cc1ccccc1)N(Cc1ccc(Br)cc1)C(=O)CN(c1ccccc1Cl)S(=O)(=O)c1ccccc1. The average molecular weight is 697 g/mol. The molecule has 0 aliphatic rings. The van der Waals surface area contributed by atoms with Crippen molar-refractivity contribution in [3.8, 4) is 0 Å². The van der Waals surface area contributed by atoms with E-state index in [-0.39, 0.29) is 40.5 Å². The van der Waals surface area contributed by atoms with Crippen molar-refractivity contribution in [1.82, 2.24) is 10.2 Å². The van der Waals surface area contributed by atoms with Crippen LogP contribution in [0.3, 0.4) is 0 Å². The average Bonchev–Trinajstić information content (AvgIpc) is 3.03. The van der Waals surface area contributed by atoms with E-state index < -0.39 is 28.5 Å². The largest absolute Gasteiger partial charge is 0.352 e. The molecule has 0 heterocycles. The predicted octanol–water partition coefficient (Wildman–Crippen LogP) is 6.85. The summed E-state index contributed by atoms with van der Waals surface area (Å²) in [6.45, 7) is 3.39. The Bertz CT molecular complexity index is 1660. The molecule has 0 aliphatic heterocycles. The summed E-state index contributed by atoms with van der Waals surface area (Å²) in [5, 5.41) is 3.21. The first-order chi connectivity index (χ1) is 21.1. The van der Waals surface area contributed by atoms with Gasteiger partial charge in [0.2, 0.25) is 11.8 Å². The van der Waals surface area contributed by atoms with E-state index in [1.54, 1.807) is 42.5 Å². The second kappa shape index (κ2) is 15.4. The third-order valence-electron chi connectivity index (χ3n) is 7.27. The van der Waals surface area contributed by atoms with Crippen LogP contribution in [-0.2, 0) is 32.6 Å². The van der Waals surface area contributed by atoms with E-state index in [4.69, 9.17) is 11.6 Å². The normalized spacial score (nSPS) is 12.6. The van der Waals surface area contributed by atoms with Crippen LogP contribution in [0.5, 0.6) is 0 Å². The zero-order valence-corrected chi connectivity index (χ0v) is 27.7. The molecule has 0 fully saturated rings. The highest BCUT2D eigenvalue weighted by Crippen LogP contribution is 2.31. The molecular formula is C34H35BrClN3O4S. The fourth-order valence-corrected chi connectivity index (χ4v) is 6.67. The van der Waals surface area contributed by atoms with Gasteiger partial charge in [-0.15, -0.1) is 0 Å². The molecule has 2 atom stereocenters. The number of carbonyl (C=O) groups is 2. The van der Waals surface area contributed by atoms with Gasteiger partial charge in [0.1, 0.15) is 12.6 Å². The van der Waals surface area contributed by atoms with Gasteiger partial charge in [-0.2, -0.15) is 0 Å². The van der Waals surface area contributed by atoms with Crippen LogP contribution in [0.4, 0.5) is 5.69 Å². The molecule has 0 radical (unpaired) electrons. The molecule has 0 bridgehead atoms. The van der Waals surface area contributed by atoms with Crippen LogP contribution in [-0.4, -0.2) is 43.8 Å². The highest BCUT2D eigenvalue weighted by atomic mass is 79.9. The minimum Gasteiger partial charge on any atom is -0.352 e. The number of hydrogen-bond acceptors (Lipinski definition) is 4. The summed E-state index contributed by atoms with van der Waals surface area (Å²) in [7, 11) is -4.22. The maximum Gasteiger partial charge on any atom is 0.264 e. The Morgan fingerprint density at radius 3 is 2.05 bits per heavy atom. The van der Waals surface area contributed by atoms with Crippen LogP contribution >= 0.6 is 27.5 Å². The molecule has 4 rings (SSSR count). The maximum atomic E-state index is 14.5. The van der Waals surface area contributed by atoms with Crippen molar-refractivity contribution in [2.24, 2.45) is 0 Å². The van der Waals surface area contributed by atoms with E-state index in [0.717, 1.165) is 19.9 Å².